The van der Waals surface area contributed by atoms with Crippen LogP contribution in [0.15, 0.2) is 33.9 Å². The second-order valence-corrected chi connectivity index (χ2v) is 5.95. The number of halogens is 1. The highest BCUT2D eigenvalue weighted by atomic mass is 79.9. The van der Waals surface area contributed by atoms with Crippen molar-refractivity contribution in [1.29, 1.82) is 0 Å². The first kappa shape index (κ1) is 16.5. The molecule has 0 aromatic heterocycles. The lowest BCUT2D eigenvalue weighted by molar-refractivity contribution is -0.124. The molecular formula is C14H20BrN3O2. The van der Waals surface area contributed by atoms with E-state index in [9.17, 15) is 4.79 Å². The predicted octanol–water partition coefficient (Wildman–Crippen LogP) is 2.64. The van der Waals surface area contributed by atoms with Gasteiger partial charge in [0.1, 0.15) is 5.92 Å². The summed E-state index contributed by atoms with van der Waals surface area (Å²) in [4.78, 5) is 12.3. The van der Waals surface area contributed by atoms with E-state index in [1.54, 1.807) is 0 Å². The minimum absolute atomic E-state index is 0.0550. The summed E-state index contributed by atoms with van der Waals surface area (Å²) in [6.45, 7) is 5.60. The van der Waals surface area contributed by atoms with E-state index >= 15 is 0 Å². The van der Waals surface area contributed by atoms with Gasteiger partial charge >= 0.3 is 0 Å². The Morgan fingerprint density at radius 3 is 2.55 bits per heavy atom. The fourth-order valence-corrected chi connectivity index (χ4v) is 2.42. The third-order valence-electron chi connectivity index (χ3n) is 3.09. The summed E-state index contributed by atoms with van der Waals surface area (Å²) in [5.41, 5.74) is 6.57. The van der Waals surface area contributed by atoms with Crippen LogP contribution in [0.1, 0.15) is 32.4 Å². The quantitative estimate of drug-likeness (QED) is 0.333. The molecule has 2 unspecified atom stereocenters. The average Bonchev–Trinajstić information content (AvgIpc) is 2.38. The Morgan fingerprint density at radius 2 is 2.05 bits per heavy atom. The number of amidine groups is 1. The Morgan fingerprint density at radius 1 is 1.40 bits per heavy atom. The van der Waals surface area contributed by atoms with E-state index in [1.165, 1.54) is 0 Å². The van der Waals surface area contributed by atoms with Gasteiger partial charge in [-0.05, 0) is 30.5 Å². The first-order valence-electron chi connectivity index (χ1n) is 6.40. The monoisotopic (exact) mass is 341 g/mol. The zero-order valence-electron chi connectivity index (χ0n) is 11.8. The standard InChI is InChI=1S/C14H20BrN3O2/c1-8(2)12(13(16)18-20)14(19)17-9(3)10-5-4-6-11(15)7-10/h4-9,12,20H,1-3H3,(H2,16,18)(H,17,19). The number of nitrogens with one attached hydrogen (secondary N) is 1. The van der Waals surface area contributed by atoms with Crippen molar-refractivity contribution in [2.24, 2.45) is 22.7 Å². The number of nitrogens with two attached hydrogens (primary N) is 1. The number of rotatable bonds is 5. The molecule has 0 aliphatic heterocycles. The summed E-state index contributed by atoms with van der Waals surface area (Å²) >= 11 is 3.40. The fourth-order valence-electron chi connectivity index (χ4n) is 2.00. The summed E-state index contributed by atoms with van der Waals surface area (Å²) in [6, 6.07) is 7.55. The molecule has 6 heteroatoms. The van der Waals surface area contributed by atoms with Crippen molar-refractivity contribution in [1.82, 2.24) is 5.32 Å². The molecule has 0 spiro atoms. The predicted molar refractivity (Wildman–Crippen MR) is 82.4 cm³/mol. The van der Waals surface area contributed by atoms with Gasteiger partial charge in [-0.2, -0.15) is 0 Å². The fraction of sp³-hybridized carbons (Fsp3) is 0.429. The van der Waals surface area contributed by atoms with E-state index in [2.05, 4.69) is 26.4 Å². The van der Waals surface area contributed by atoms with Crippen molar-refractivity contribution >= 4 is 27.7 Å². The van der Waals surface area contributed by atoms with Crippen LogP contribution < -0.4 is 11.1 Å². The molecule has 20 heavy (non-hydrogen) atoms. The summed E-state index contributed by atoms with van der Waals surface area (Å²) in [6.07, 6.45) is 0. The van der Waals surface area contributed by atoms with E-state index < -0.39 is 5.92 Å². The van der Waals surface area contributed by atoms with Crippen LogP contribution in [0.5, 0.6) is 0 Å². The van der Waals surface area contributed by atoms with Crippen LogP contribution >= 0.6 is 15.9 Å². The van der Waals surface area contributed by atoms with Crippen LogP contribution in [0.2, 0.25) is 0 Å². The summed E-state index contributed by atoms with van der Waals surface area (Å²) in [5, 5.41) is 14.6. The molecule has 1 aromatic carbocycles. The molecule has 5 nitrogen and oxygen atoms in total. The number of carbonyl (C=O) groups excluding carboxylic acids is 1. The third-order valence-corrected chi connectivity index (χ3v) is 3.58. The largest absolute Gasteiger partial charge is 0.409 e. The van der Waals surface area contributed by atoms with Crippen molar-refractivity contribution in [3.63, 3.8) is 0 Å². The molecule has 1 rings (SSSR count). The number of oxime groups is 1. The minimum atomic E-state index is -0.644. The Hall–Kier alpha value is -1.56. The maximum absolute atomic E-state index is 12.3. The average molecular weight is 342 g/mol. The van der Waals surface area contributed by atoms with Gasteiger partial charge < -0.3 is 16.3 Å². The normalized spacial score (nSPS) is 14.9. The Kier molecular flexibility index (Phi) is 6.01. The van der Waals surface area contributed by atoms with Crippen LogP contribution in [0.25, 0.3) is 0 Å². The second-order valence-electron chi connectivity index (χ2n) is 5.03. The number of nitrogens with zero attached hydrogens (tertiary/aromatic N) is 1. The smallest absolute Gasteiger partial charge is 0.231 e. The SMILES string of the molecule is CC(NC(=O)C(C(N)=NO)C(C)C)c1cccc(Br)c1. The molecule has 0 radical (unpaired) electrons. The van der Waals surface area contributed by atoms with Crippen molar-refractivity contribution in [2.45, 2.75) is 26.8 Å². The molecule has 0 fully saturated rings. The van der Waals surface area contributed by atoms with Crippen molar-refractivity contribution < 1.29 is 10.0 Å². The third kappa shape index (κ3) is 4.23. The molecule has 0 saturated carbocycles. The summed E-state index contributed by atoms with van der Waals surface area (Å²) < 4.78 is 0.952. The van der Waals surface area contributed by atoms with E-state index in [1.807, 2.05) is 45.0 Å². The minimum Gasteiger partial charge on any atom is -0.409 e. The molecule has 0 bridgehead atoms. The van der Waals surface area contributed by atoms with Gasteiger partial charge in [0.2, 0.25) is 5.91 Å². The lowest BCUT2D eigenvalue weighted by Gasteiger charge is -2.22. The molecule has 0 aliphatic carbocycles. The zero-order valence-corrected chi connectivity index (χ0v) is 13.4. The molecule has 0 heterocycles. The highest BCUT2D eigenvalue weighted by Crippen LogP contribution is 2.19. The molecule has 1 amide bonds. The summed E-state index contributed by atoms with van der Waals surface area (Å²) in [5.74, 6) is -1.02. The molecule has 4 N–H and O–H groups in total. The van der Waals surface area contributed by atoms with Crippen LogP contribution in [-0.4, -0.2) is 17.0 Å². The highest BCUT2D eigenvalue weighted by molar-refractivity contribution is 9.10. The lowest BCUT2D eigenvalue weighted by atomic mass is 9.93. The maximum Gasteiger partial charge on any atom is 0.231 e. The number of hydrogen-bond acceptors (Lipinski definition) is 3. The van der Waals surface area contributed by atoms with Gasteiger partial charge in [-0.1, -0.05) is 47.1 Å². The van der Waals surface area contributed by atoms with Gasteiger partial charge in [0.15, 0.2) is 5.84 Å². The maximum atomic E-state index is 12.3. The van der Waals surface area contributed by atoms with Gasteiger partial charge in [0.25, 0.3) is 0 Å². The number of hydrogen-bond donors (Lipinski definition) is 3. The van der Waals surface area contributed by atoms with Gasteiger partial charge in [-0.15, -0.1) is 0 Å². The Balaban J connectivity index is 2.83. The van der Waals surface area contributed by atoms with Crippen LogP contribution in [0.4, 0.5) is 0 Å². The number of amides is 1. The van der Waals surface area contributed by atoms with Gasteiger partial charge in [-0.25, -0.2) is 0 Å². The van der Waals surface area contributed by atoms with Crippen molar-refractivity contribution in [2.75, 3.05) is 0 Å². The molecule has 0 saturated heterocycles. The topological polar surface area (TPSA) is 87.7 Å². The Labute approximate surface area is 127 Å². The van der Waals surface area contributed by atoms with Gasteiger partial charge in [0, 0.05) is 4.47 Å². The van der Waals surface area contributed by atoms with E-state index in [0.717, 1.165) is 10.0 Å². The number of benzene rings is 1. The molecule has 1 aromatic rings. The van der Waals surface area contributed by atoms with E-state index in [4.69, 9.17) is 10.9 Å². The van der Waals surface area contributed by atoms with Crippen LogP contribution in [0.3, 0.4) is 0 Å². The van der Waals surface area contributed by atoms with Crippen LogP contribution in [0, 0.1) is 11.8 Å². The van der Waals surface area contributed by atoms with Gasteiger partial charge in [0.05, 0.1) is 6.04 Å². The van der Waals surface area contributed by atoms with E-state index in [-0.39, 0.29) is 23.7 Å². The second kappa shape index (κ2) is 7.28. The van der Waals surface area contributed by atoms with Crippen molar-refractivity contribution in [3.05, 3.63) is 34.3 Å². The highest BCUT2D eigenvalue weighted by Gasteiger charge is 2.27. The van der Waals surface area contributed by atoms with Crippen LogP contribution in [-0.2, 0) is 4.79 Å². The summed E-state index contributed by atoms with van der Waals surface area (Å²) in [7, 11) is 0. The first-order valence-corrected chi connectivity index (χ1v) is 7.19. The van der Waals surface area contributed by atoms with Gasteiger partial charge in [-0.3, -0.25) is 4.79 Å². The zero-order chi connectivity index (χ0) is 15.3. The Bertz CT molecular complexity index is 503. The molecular weight excluding hydrogens is 322 g/mol. The van der Waals surface area contributed by atoms with Crippen molar-refractivity contribution in [3.8, 4) is 0 Å². The first-order chi connectivity index (χ1) is 9.36. The molecule has 2 atom stereocenters. The lowest BCUT2D eigenvalue weighted by Crippen LogP contribution is -2.42. The molecule has 110 valence electrons. The number of carbonyl (C=O) groups is 1. The van der Waals surface area contributed by atoms with E-state index in [0.29, 0.717) is 0 Å². The molecule has 0 aliphatic rings.